The number of fused-ring (bicyclic) bond motifs is 3. The van der Waals surface area contributed by atoms with Crippen molar-refractivity contribution in [2.75, 3.05) is 11.9 Å². The Labute approximate surface area is 172 Å². The second-order valence-corrected chi connectivity index (χ2v) is 7.86. The Kier molecular flexibility index (Phi) is 3.81. The average molecular weight is 404 g/mol. The molecule has 0 unspecified atom stereocenters. The van der Waals surface area contributed by atoms with Crippen molar-refractivity contribution in [2.45, 2.75) is 39.3 Å². The molecule has 0 saturated carbocycles. The number of hydrogen-bond donors (Lipinski definition) is 1. The Balaban J connectivity index is 1.39. The van der Waals surface area contributed by atoms with Crippen molar-refractivity contribution in [1.29, 1.82) is 0 Å². The molecule has 0 radical (unpaired) electrons. The van der Waals surface area contributed by atoms with Crippen molar-refractivity contribution in [3.05, 3.63) is 59.1 Å². The molecular weight excluding hydrogens is 383 g/mol. The second-order valence-electron chi connectivity index (χ2n) is 7.86. The second kappa shape index (κ2) is 6.55. The highest BCUT2D eigenvalue weighted by molar-refractivity contribution is 5.79. The standard InChI is InChI=1S/C22H21FN6O/c1-13-12-28-21(27-13)17(16-11-26-29-7-2-3-19(16)29)10-25-22(28)24-9-15-14-6-8-30-20(14)5-4-18(15)23/h4-5,10-12H,2-3,6-9H2,1H3,(H,24,25). The summed E-state index contributed by atoms with van der Waals surface area (Å²) in [6.45, 7) is 3.85. The number of aryl methyl sites for hydroxylation is 2. The number of nitrogens with one attached hydrogen (secondary N) is 1. The smallest absolute Gasteiger partial charge is 0.208 e. The summed E-state index contributed by atoms with van der Waals surface area (Å²) in [6.07, 6.45) is 8.56. The number of ether oxygens (including phenoxy) is 1. The van der Waals surface area contributed by atoms with E-state index in [1.807, 2.05) is 29.9 Å². The maximum Gasteiger partial charge on any atom is 0.208 e. The number of halogens is 1. The summed E-state index contributed by atoms with van der Waals surface area (Å²) in [7, 11) is 0. The normalized spacial score (nSPS) is 14.7. The van der Waals surface area contributed by atoms with Crippen LogP contribution in [-0.2, 0) is 25.9 Å². The van der Waals surface area contributed by atoms with Crippen LogP contribution >= 0.6 is 0 Å². The Hall–Kier alpha value is -3.42. The summed E-state index contributed by atoms with van der Waals surface area (Å²) in [5.41, 5.74) is 6.60. The Morgan fingerprint density at radius 1 is 1.20 bits per heavy atom. The van der Waals surface area contributed by atoms with Crippen LogP contribution in [0.2, 0.25) is 0 Å². The summed E-state index contributed by atoms with van der Waals surface area (Å²) in [4.78, 5) is 9.40. The molecule has 2 aliphatic heterocycles. The van der Waals surface area contributed by atoms with Gasteiger partial charge in [0.2, 0.25) is 5.95 Å². The van der Waals surface area contributed by atoms with Crippen LogP contribution in [0.25, 0.3) is 16.8 Å². The number of rotatable bonds is 4. The first-order chi connectivity index (χ1) is 14.7. The van der Waals surface area contributed by atoms with Crippen molar-refractivity contribution in [2.24, 2.45) is 0 Å². The van der Waals surface area contributed by atoms with Gasteiger partial charge in [-0.25, -0.2) is 14.4 Å². The fraction of sp³-hybridized carbons (Fsp3) is 0.318. The van der Waals surface area contributed by atoms with Gasteiger partial charge >= 0.3 is 0 Å². The zero-order valence-electron chi connectivity index (χ0n) is 16.7. The van der Waals surface area contributed by atoms with Crippen LogP contribution in [0.5, 0.6) is 5.75 Å². The molecule has 1 aromatic carbocycles. The molecular formula is C22H21FN6O. The third kappa shape index (κ3) is 2.59. The van der Waals surface area contributed by atoms with Crippen LogP contribution in [0.15, 0.2) is 30.7 Å². The molecule has 0 aliphatic carbocycles. The van der Waals surface area contributed by atoms with Crippen molar-refractivity contribution in [1.82, 2.24) is 24.1 Å². The first-order valence-electron chi connectivity index (χ1n) is 10.3. The van der Waals surface area contributed by atoms with Gasteiger partial charge in [-0.05, 0) is 31.9 Å². The molecule has 3 aromatic heterocycles. The van der Waals surface area contributed by atoms with Crippen LogP contribution in [0.3, 0.4) is 0 Å². The topological polar surface area (TPSA) is 69.3 Å². The number of benzene rings is 1. The molecule has 5 heterocycles. The highest BCUT2D eigenvalue weighted by Gasteiger charge is 2.22. The molecule has 8 heteroatoms. The SMILES string of the molecule is Cc1cn2c(NCc3c(F)ccc4c3CCO4)ncc(-c3cnn4c3CCC4)c2n1. The molecule has 4 aromatic rings. The predicted octanol–water partition coefficient (Wildman–Crippen LogP) is 3.53. The maximum atomic E-state index is 14.5. The molecule has 1 N–H and O–H groups in total. The fourth-order valence-corrected chi connectivity index (χ4v) is 4.58. The largest absolute Gasteiger partial charge is 0.493 e. The lowest BCUT2D eigenvalue weighted by Crippen LogP contribution is -2.09. The van der Waals surface area contributed by atoms with Crippen molar-refractivity contribution < 1.29 is 9.13 Å². The van der Waals surface area contributed by atoms with E-state index in [-0.39, 0.29) is 5.82 Å². The molecule has 2 aliphatic rings. The number of aromatic nitrogens is 5. The third-order valence-electron chi connectivity index (χ3n) is 6.00. The van der Waals surface area contributed by atoms with Crippen LogP contribution in [0.1, 0.15) is 28.9 Å². The van der Waals surface area contributed by atoms with Crippen molar-refractivity contribution in [3.8, 4) is 16.9 Å². The van der Waals surface area contributed by atoms with Gasteiger partial charge in [0.15, 0.2) is 0 Å². The summed E-state index contributed by atoms with van der Waals surface area (Å²) in [5, 5.41) is 7.82. The number of hydrogen-bond acceptors (Lipinski definition) is 5. The van der Waals surface area contributed by atoms with Gasteiger partial charge in [-0.1, -0.05) is 0 Å². The predicted molar refractivity (Wildman–Crippen MR) is 110 cm³/mol. The lowest BCUT2D eigenvalue weighted by atomic mass is 10.0. The lowest BCUT2D eigenvalue weighted by Gasteiger charge is -2.13. The van der Waals surface area contributed by atoms with Gasteiger partial charge < -0.3 is 10.1 Å². The quantitative estimate of drug-likeness (QED) is 0.564. The highest BCUT2D eigenvalue weighted by atomic mass is 19.1. The van der Waals surface area contributed by atoms with Gasteiger partial charge in [0, 0.05) is 59.9 Å². The van der Waals surface area contributed by atoms with E-state index >= 15 is 0 Å². The van der Waals surface area contributed by atoms with Crippen LogP contribution in [0.4, 0.5) is 10.3 Å². The molecule has 0 fully saturated rings. The van der Waals surface area contributed by atoms with E-state index in [1.165, 1.54) is 11.8 Å². The van der Waals surface area contributed by atoms with Crippen LogP contribution in [-0.4, -0.2) is 30.8 Å². The molecule has 0 saturated heterocycles. The molecule has 0 atom stereocenters. The van der Waals surface area contributed by atoms with Crippen molar-refractivity contribution in [3.63, 3.8) is 0 Å². The first-order valence-corrected chi connectivity index (χ1v) is 10.3. The lowest BCUT2D eigenvalue weighted by molar-refractivity contribution is 0.356. The molecule has 0 amide bonds. The highest BCUT2D eigenvalue weighted by Crippen LogP contribution is 2.33. The number of imidazole rings is 1. The summed E-state index contributed by atoms with van der Waals surface area (Å²) in [6, 6.07) is 3.17. The van der Waals surface area contributed by atoms with Gasteiger partial charge in [-0.2, -0.15) is 5.10 Å². The third-order valence-corrected chi connectivity index (χ3v) is 6.00. The Morgan fingerprint density at radius 3 is 3.07 bits per heavy atom. The summed E-state index contributed by atoms with van der Waals surface area (Å²) in [5.74, 6) is 1.18. The van der Waals surface area contributed by atoms with Gasteiger partial charge in [0.25, 0.3) is 0 Å². The molecule has 0 spiro atoms. The minimum Gasteiger partial charge on any atom is -0.493 e. The minimum atomic E-state index is -0.225. The maximum absolute atomic E-state index is 14.5. The molecule has 6 rings (SSSR count). The van der Waals surface area contributed by atoms with E-state index in [9.17, 15) is 4.39 Å². The summed E-state index contributed by atoms with van der Waals surface area (Å²) >= 11 is 0. The van der Waals surface area contributed by atoms with E-state index in [4.69, 9.17) is 9.72 Å². The zero-order chi connectivity index (χ0) is 20.2. The van der Waals surface area contributed by atoms with E-state index in [2.05, 4.69) is 20.1 Å². The van der Waals surface area contributed by atoms with E-state index < -0.39 is 0 Å². The van der Waals surface area contributed by atoms with E-state index in [0.29, 0.717) is 24.7 Å². The van der Waals surface area contributed by atoms with E-state index in [0.717, 1.165) is 59.6 Å². The fourth-order valence-electron chi connectivity index (χ4n) is 4.58. The van der Waals surface area contributed by atoms with Gasteiger partial charge in [0.1, 0.15) is 17.2 Å². The minimum absolute atomic E-state index is 0.225. The van der Waals surface area contributed by atoms with Crippen molar-refractivity contribution >= 4 is 11.6 Å². The molecule has 7 nitrogen and oxygen atoms in total. The van der Waals surface area contributed by atoms with Crippen LogP contribution in [0, 0.1) is 12.7 Å². The van der Waals surface area contributed by atoms with Crippen LogP contribution < -0.4 is 10.1 Å². The molecule has 30 heavy (non-hydrogen) atoms. The molecule has 0 bridgehead atoms. The summed E-state index contributed by atoms with van der Waals surface area (Å²) < 4.78 is 24.1. The Morgan fingerprint density at radius 2 is 2.13 bits per heavy atom. The van der Waals surface area contributed by atoms with Gasteiger partial charge in [-0.15, -0.1) is 0 Å². The molecule has 152 valence electrons. The van der Waals surface area contributed by atoms with Gasteiger partial charge in [-0.3, -0.25) is 9.08 Å². The average Bonchev–Trinajstić information content (AvgIpc) is 3.50. The van der Waals surface area contributed by atoms with Gasteiger partial charge in [0.05, 0.1) is 18.5 Å². The first kappa shape index (κ1) is 17.4. The monoisotopic (exact) mass is 404 g/mol. The Bertz CT molecular complexity index is 1290. The zero-order valence-corrected chi connectivity index (χ0v) is 16.7. The number of nitrogens with zero attached hydrogens (tertiary/aromatic N) is 5. The number of anilines is 1. The van der Waals surface area contributed by atoms with E-state index in [1.54, 1.807) is 6.07 Å².